The summed E-state index contributed by atoms with van der Waals surface area (Å²) in [4.78, 5) is 48.5. The molecule has 7 atom stereocenters. The van der Waals surface area contributed by atoms with Crippen LogP contribution >= 0.6 is 27.7 Å². The van der Waals surface area contributed by atoms with Crippen LogP contribution in [0.25, 0.3) is 0 Å². The van der Waals surface area contributed by atoms with E-state index < -0.39 is 34.6 Å². The van der Waals surface area contributed by atoms with Crippen molar-refractivity contribution < 1.29 is 29.0 Å². The number of hydrogen-bond donors (Lipinski definition) is 1. The van der Waals surface area contributed by atoms with Gasteiger partial charge in [0.15, 0.2) is 0 Å². The van der Waals surface area contributed by atoms with Crippen molar-refractivity contribution in [2.75, 3.05) is 59.2 Å². The number of aliphatic hydroxyl groups excluding tert-OH is 1. The Morgan fingerprint density at radius 3 is 2.65 bits per heavy atom. The molecule has 1 aromatic rings. The van der Waals surface area contributed by atoms with Crippen LogP contribution in [-0.4, -0.2) is 124 Å². The average Bonchev–Trinajstić information content (AvgIpc) is 3.62. The molecule has 234 valence electrons. The lowest BCUT2D eigenvalue weighted by Gasteiger charge is -2.40. The predicted octanol–water partition coefficient (Wildman–Crippen LogP) is 2.52. The van der Waals surface area contributed by atoms with Crippen LogP contribution < -0.4 is 0 Å². The number of ether oxygens (including phenoxy) is 2. The molecule has 3 unspecified atom stereocenters. The van der Waals surface area contributed by atoms with Gasteiger partial charge < -0.3 is 24.4 Å². The fourth-order valence-electron chi connectivity index (χ4n) is 7.19. The molecule has 43 heavy (non-hydrogen) atoms. The number of halogens is 1. The summed E-state index contributed by atoms with van der Waals surface area (Å²) in [6.45, 7) is 11.9. The second kappa shape index (κ2) is 14.3. The molecule has 1 spiro atoms. The Labute approximate surface area is 266 Å². The van der Waals surface area contributed by atoms with Crippen molar-refractivity contribution in [1.29, 1.82) is 0 Å². The Morgan fingerprint density at radius 2 is 1.98 bits per heavy atom. The molecule has 1 N–H and O–H groups in total. The highest BCUT2D eigenvalue weighted by atomic mass is 79.9. The molecule has 0 aromatic heterocycles. The first kappa shape index (κ1) is 32.2. The molecule has 4 heterocycles. The minimum Gasteiger partial charge on any atom is -0.465 e. The van der Waals surface area contributed by atoms with Crippen LogP contribution in [0.15, 0.2) is 55.6 Å². The number of rotatable bonds is 14. The number of hydrogen-bond acceptors (Lipinski definition) is 8. The van der Waals surface area contributed by atoms with Gasteiger partial charge in [-0.25, -0.2) is 0 Å². The Morgan fingerprint density at radius 1 is 1.23 bits per heavy atom. The third-order valence-corrected chi connectivity index (χ3v) is 12.4. The summed E-state index contributed by atoms with van der Waals surface area (Å²) >= 11 is 5.39. The molecule has 11 heteroatoms. The van der Waals surface area contributed by atoms with Gasteiger partial charge in [0.05, 0.1) is 49.1 Å². The van der Waals surface area contributed by atoms with Crippen LogP contribution in [0.5, 0.6) is 0 Å². The molecule has 0 aliphatic carbocycles. The lowest BCUT2D eigenvalue weighted by Crippen LogP contribution is -2.59. The van der Waals surface area contributed by atoms with Gasteiger partial charge in [-0.1, -0.05) is 58.4 Å². The third kappa shape index (κ3) is 6.33. The number of amides is 2. The number of alkyl halides is 1. The number of esters is 1. The maximum atomic E-state index is 14.8. The Hall–Kier alpha value is -2.18. The minimum absolute atomic E-state index is 0.0586. The number of aliphatic hydroxyl groups is 1. The van der Waals surface area contributed by atoms with Crippen molar-refractivity contribution in [3.63, 3.8) is 0 Å². The molecule has 0 radical (unpaired) electrons. The molecular formula is C32H42BrN3O6S. The van der Waals surface area contributed by atoms with Gasteiger partial charge in [-0.2, -0.15) is 0 Å². The largest absolute Gasteiger partial charge is 0.465 e. The number of nitrogens with zero attached hydrogens (tertiary/aromatic N) is 3. The predicted molar refractivity (Wildman–Crippen MR) is 170 cm³/mol. The highest BCUT2D eigenvalue weighted by molar-refractivity contribution is 9.09. The topological polar surface area (TPSA) is 99.6 Å². The molecular weight excluding hydrogens is 634 g/mol. The van der Waals surface area contributed by atoms with Crippen LogP contribution in [0.1, 0.15) is 18.4 Å². The highest BCUT2D eigenvalue weighted by Gasteiger charge is 2.76. The maximum absolute atomic E-state index is 14.8. The SMILES string of the molecule is C=CCCOC(=O)[C@H]1[C@@H]2SC3(CC2Br)C(C(=O)N(CC=C)CCN2CCOCC2)N([C@@H](CO)Cc2ccccc2)C(=O)[C@H]13. The number of carbonyl (C=O) groups is 3. The van der Waals surface area contributed by atoms with E-state index in [0.717, 1.165) is 18.7 Å². The van der Waals surface area contributed by atoms with Crippen molar-refractivity contribution in [2.24, 2.45) is 11.8 Å². The minimum atomic E-state index is -0.837. The van der Waals surface area contributed by atoms with Crippen molar-refractivity contribution in [3.05, 3.63) is 61.2 Å². The standard InChI is InChI=1S/C32H42BrN3O6S/c1-3-5-16-42-31(40)25-26-29(38)36(23(21-37)19-22-9-7-6-8-10-22)28(32(26)20-24(33)27(25)43-32)30(39)35(11-4-2)13-12-34-14-17-41-18-15-34/h3-4,6-10,23-28,37H,1-2,5,11-21H2/t23-,24?,25-,26+,27-,28?,32?/m1/s1. The first-order valence-electron chi connectivity index (χ1n) is 15.1. The molecule has 4 saturated heterocycles. The molecule has 4 aliphatic rings. The van der Waals surface area contributed by atoms with E-state index in [-0.39, 0.29) is 35.1 Å². The zero-order chi connectivity index (χ0) is 30.6. The van der Waals surface area contributed by atoms with Crippen molar-refractivity contribution >= 4 is 45.5 Å². The Balaban J connectivity index is 1.50. The molecule has 2 bridgehead atoms. The van der Waals surface area contributed by atoms with Gasteiger partial charge in [0.1, 0.15) is 6.04 Å². The lowest BCUT2D eigenvalue weighted by atomic mass is 9.71. The maximum Gasteiger partial charge on any atom is 0.310 e. The first-order valence-corrected chi connectivity index (χ1v) is 16.9. The zero-order valence-corrected chi connectivity index (χ0v) is 26.9. The summed E-state index contributed by atoms with van der Waals surface area (Å²) in [6.07, 6.45) is 4.89. The summed E-state index contributed by atoms with van der Waals surface area (Å²) in [5.74, 6) is -2.21. The number of morpholine rings is 1. The number of likely N-dealkylation sites (tertiary alicyclic amines) is 1. The van der Waals surface area contributed by atoms with Crippen LogP contribution in [-0.2, 0) is 30.3 Å². The molecule has 9 nitrogen and oxygen atoms in total. The van der Waals surface area contributed by atoms with Gasteiger partial charge >= 0.3 is 5.97 Å². The van der Waals surface area contributed by atoms with E-state index in [4.69, 9.17) is 9.47 Å². The lowest BCUT2D eigenvalue weighted by molar-refractivity contribution is -0.154. The fourth-order valence-corrected chi connectivity index (χ4v) is 10.8. The van der Waals surface area contributed by atoms with Gasteiger partial charge in [-0.05, 0) is 24.8 Å². The van der Waals surface area contributed by atoms with E-state index in [1.165, 1.54) is 0 Å². The second-order valence-electron chi connectivity index (χ2n) is 11.7. The fraction of sp³-hybridized carbons (Fsp3) is 0.594. The first-order chi connectivity index (χ1) is 20.9. The number of fused-ring (bicyclic) bond motifs is 1. The molecule has 4 fully saturated rings. The van der Waals surface area contributed by atoms with Crippen LogP contribution in [0.4, 0.5) is 0 Å². The number of carbonyl (C=O) groups excluding carboxylic acids is 3. The molecule has 5 rings (SSSR count). The van der Waals surface area contributed by atoms with Crippen molar-refractivity contribution in [2.45, 2.75) is 46.2 Å². The quantitative estimate of drug-likeness (QED) is 0.139. The highest BCUT2D eigenvalue weighted by Crippen LogP contribution is 2.68. The van der Waals surface area contributed by atoms with Crippen LogP contribution in [0, 0.1) is 11.8 Å². The van der Waals surface area contributed by atoms with Gasteiger partial charge in [-0.3, -0.25) is 19.3 Å². The third-order valence-electron chi connectivity index (χ3n) is 9.17. The Kier molecular flexibility index (Phi) is 10.7. The number of benzene rings is 1. The Bertz CT molecular complexity index is 1180. The van der Waals surface area contributed by atoms with Gasteiger partial charge in [-0.15, -0.1) is 24.9 Å². The van der Waals surface area contributed by atoms with Crippen LogP contribution in [0.3, 0.4) is 0 Å². The molecule has 2 amide bonds. The van der Waals surface area contributed by atoms with E-state index in [1.54, 1.807) is 33.7 Å². The monoisotopic (exact) mass is 675 g/mol. The van der Waals surface area contributed by atoms with Crippen molar-refractivity contribution in [1.82, 2.24) is 14.7 Å². The summed E-state index contributed by atoms with van der Waals surface area (Å²) in [6, 6.07) is 8.22. The van der Waals surface area contributed by atoms with Gasteiger partial charge in [0.2, 0.25) is 11.8 Å². The summed E-state index contributed by atoms with van der Waals surface area (Å²) in [7, 11) is 0. The second-order valence-corrected chi connectivity index (χ2v) is 14.4. The van der Waals surface area contributed by atoms with E-state index in [9.17, 15) is 19.5 Å². The van der Waals surface area contributed by atoms with Crippen LogP contribution in [0.2, 0.25) is 0 Å². The smallest absolute Gasteiger partial charge is 0.310 e. The van der Waals surface area contributed by atoms with E-state index in [0.29, 0.717) is 52.1 Å². The summed E-state index contributed by atoms with van der Waals surface area (Å²) in [5.41, 5.74) is 0.959. The van der Waals surface area contributed by atoms with Crippen molar-refractivity contribution in [3.8, 4) is 0 Å². The number of thioether (sulfide) groups is 1. The van der Waals surface area contributed by atoms with E-state index in [1.807, 2.05) is 30.3 Å². The van der Waals surface area contributed by atoms with Gasteiger partial charge in [0, 0.05) is 42.8 Å². The molecule has 1 aromatic carbocycles. The summed E-state index contributed by atoms with van der Waals surface area (Å²) < 4.78 is 10.3. The molecule has 0 saturated carbocycles. The summed E-state index contributed by atoms with van der Waals surface area (Å²) in [5, 5.41) is 10.5. The average molecular weight is 677 g/mol. The van der Waals surface area contributed by atoms with E-state index in [2.05, 4.69) is 34.0 Å². The van der Waals surface area contributed by atoms with E-state index >= 15 is 0 Å². The normalized spacial score (nSPS) is 30.6. The van der Waals surface area contributed by atoms with Gasteiger partial charge in [0.25, 0.3) is 0 Å². The zero-order valence-electron chi connectivity index (χ0n) is 24.5. The molecule has 4 aliphatic heterocycles.